The number of amides is 1. The van der Waals surface area contributed by atoms with Crippen LogP contribution in [0.2, 0.25) is 0 Å². The maximum Gasteiger partial charge on any atom is 0.410 e. The van der Waals surface area contributed by atoms with E-state index in [2.05, 4.69) is 9.98 Å². The molecule has 2 N–H and O–H groups in total. The lowest BCUT2D eigenvalue weighted by Crippen LogP contribution is -2.53. The highest BCUT2D eigenvalue weighted by atomic mass is 19.3. The standard InChI is InChI=1S/C18H27F2N5O3/c1-18(2,3)28-17(26)25-9-7-24(8-10-25)16(21)23-11-13-5-4-6-22-15(13)27-12-14(19)20/h4-6,14H,7-12H2,1-3H3,(H2,21,23). The molecule has 8 nitrogen and oxygen atoms in total. The molecule has 1 saturated heterocycles. The number of guanidine groups is 1. The van der Waals surface area contributed by atoms with Crippen LogP contribution in [0.3, 0.4) is 0 Å². The van der Waals surface area contributed by atoms with Gasteiger partial charge in [-0.3, -0.25) is 0 Å². The van der Waals surface area contributed by atoms with E-state index in [9.17, 15) is 13.6 Å². The Morgan fingerprint density at radius 2 is 1.93 bits per heavy atom. The first-order valence-electron chi connectivity index (χ1n) is 9.03. The van der Waals surface area contributed by atoms with Gasteiger partial charge in [-0.1, -0.05) is 6.07 Å². The number of hydrogen-bond donors (Lipinski definition) is 1. The van der Waals surface area contributed by atoms with Gasteiger partial charge in [0, 0.05) is 37.9 Å². The molecule has 0 atom stereocenters. The quantitative estimate of drug-likeness (QED) is 0.602. The fourth-order valence-corrected chi connectivity index (χ4v) is 2.53. The summed E-state index contributed by atoms with van der Waals surface area (Å²) in [6.45, 7) is 6.89. The Morgan fingerprint density at radius 1 is 1.29 bits per heavy atom. The molecule has 2 heterocycles. The van der Waals surface area contributed by atoms with Crippen molar-refractivity contribution in [2.24, 2.45) is 10.7 Å². The molecule has 0 radical (unpaired) electrons. The lowest BCUT2D eigenvalue weighted by molar-refractivity contribution is 0.0186. The summed E-state index contributed by atoms with van der Waals surface area (Å²) in [6.07, 6.45) is -1.46. The van der Waals surface area contributed by atoms with Crippen LogP contribution >= 0.6 is 0 Å². The summed E-state index contributed by atoms with van der Waals surface area (Å²) in [6, 6.07) is 3.38. The first-order valence-corrected chi connectivity index (χ1v) is 9.03. The van der Waals surface area contributed by atoms with Crippen molar-refractivity contribution in [1.82, 2.24) is 14.8 Å². The minimum atomic E-state index is -2.58. The van der Waals surface area contributed by atoms with E-state index in [1.165, 1.54) is 6.20 Å². The fraction of sp³-hybridized carbons (Fsp3) is 0.611. The molecule has 1 fully saturated rings. The number of rotatable bonds is 5. The predicted octanol–water partition coefficient (Wildman–Crippen LogP) is 2.09. The molecule has 0 unspecified atom stereocenters. The van der Waals surface area contributed by atoms with E-state index in [-0.39, 0.29) is 18.5 Å². The summed E-state index contributed by atoms with van der Waals surface area (Å²) in [5.41, 5.74) is 6.08. The van der Waals surface area contributed by atoms with Crippen LogP contribution in [0.5, 0.6) is 5.88 Å². The fourth-order valence-electron chi connectivity index (χ4n) is 2.53. The molecule has 1 aromatic rings. The average molecular weight is 399 g/mol. The Kier molecular flexibility index (Phi) is 7.36. The van der Waals surface area contributed by atoms with Gasteiger partial charge >= 0.3 is 6.09 Å². The lowest BCUT2D eigenvalue weighted by atomic mass is 10.2. The minimum absolute atomic E-state index is 0.120. The van der Waals surface area contributed by atoms with E-state index in [0.717, 1.165) is 0 Å². The van der Waals surface area contributed by atoms with Gasteiger partial charge in [0.05, 0.1) is 6.54 Å². The molecule has 0 aromatic carbocycles. The molecule has 156 valence electrons. The van der Waals surface area contributed by atoms with E-state index in [0.29, 0.717) is 37.7 Å². The maximum absolute atomic E-state index is 12.3. The van der Waals surface area contributed by atoms with E-state index in [1.54, 1.807) is 17.0 Å². The highest BCUT2D eigenvalue weighted by Crippen LogP contribution is 2.17. The molecule has 28 heavy (non-hydrogen) atoms. The van der Waals surface area contributed by atoms with Gasteiger partial charge in [-0.25, -0.2) is 23.6 Å². The molecule has 1 aliphatic rings. The first-order chi connectivity index (χ1) is 13.2. The smallest absolute Gasteiger partial charge is 0.410 e. The van der Waals surface area contributed by atoms with Gasteiger partial charge < -0.3 is 25.0 Å². The number of halogens is 2. The van der Waals surface area contributed by atoms with Crippen LogP contribution in [0, 0.1) is 0 Å². The number of ether oxygens (including phenoxy) is 2. The van der Waals surface area contributed by atoms with Crippen LogP contribution in [-0.4, -0.2) is 71.6 Å². The zero-order valence-corrected chi connectivity index (χ0v) is 16.4. The number of carbonyl (C=O) groups is 1. The summed E-state index contributed by atoms with van der Waals surface area (Å²) in [5, 5.41) is 0. The molecule has 10 heteroatoms. The van der Waals surface area contributed by atoms with Gasteiger partial charge in [-0.05, 0) is 26.8 Å². The van der Waals surface area contributed by atoms with Crippen molar-refractivity contribution in [2.75, 3.05) is 32.8 Å². The van der Waals surface area contributed by atoms with Crippen molar-refractivity contribution in [2.45, 2.75) is 39.3 Å². The predicted molar refractivity (Wildman–Crippen MR) is 100 cm³/mol. The van der Waals surface area contributed by atoms with Crippen molar-refractivity contribution >= 4 is 12.1 Å². The lowest BCUT2D eigenvalue weighted by Gasteiger charge is -2.36. The van der Waals surface area contributed by atoms with Gasteiger partial charge in [0.15, 0.2) is 12.6 Å². The number of nitrogens with two attached hydrogens (primary N) is 1. The van der Waals surface area contributed by atoms with Crippen molar-refractivity contribution in [3.8, 4) is 5.88 Å². The second-order valence-corrected chi connectivity index (χ2v) is 7.30. The van der Waals surface area contributed by atoms with Crippen LogP contribution in [0.25, 0.3) is 0 Å². The second-order valence-electron chi connectivity index (χ2n) is 7.30. The third-order valence-electron chi connectivity index (χ3n) is 3.86. The third kappa shape index (κ3) is 6.82. The van der Waals surface area contributed by atoms with Gasteiger partial charge in [0.25, 0.3) is 6.43 Å². The Bertz CT molecular complexity index is 686. The summed E-state index contributed by atoms with van der Waals surface area (Å²) in [4.78, 5) is 23.9. The topological polar surface area (TPSA) is 93.3 Å². The number of piperazine rings is 1. The molecule has 1 amide bonds. The van der Waals surface area contributed by atoms with E-state index < -0.39 is 18.6 Å². The Morgan fingerprint density at radius 3 is 2.54 bits per heavy atom. The van der Waals surface area contributed by atoms with E-state index in [1.807, 2.05) is 25.7 Å². The van der Waals surface area contributed by atoms with E-state index >= 15 is 0 Å². The maximum atomic E-state index is 12.3. The molecule has 0 aliphatic carbocycles. The third-order valence-corrected chi connectivity index (χ3v) is 3.86. The SMILES string of the molecule is CC(C)(C)OC(=O)N1CCN(C(N)=NCc2cccnc2OCC(F)F)CC1. The highest BCUT2D eigenvalue weighted by Gasteiger charge is 2.26. The molecule has 1 aliphatic heterocycles. The summed E-state index contributed by atoms with van der Waals surface area (Å²) >= 11 is 0. The van der Waals surface area contributed by atoms with Gasteiger partial charge in [0.2, 0.25) is 5.88 Å². The minimum Gasteiger partial charge on any atom is -0.471 e. The zero-order valence-electron chi connectivity index (χ0n) is 16.4. The molecule has 2 rings (SSSR count). The van der Waals surface area contributed by atoms with Gasteiger partial charge in [0.1, 0.15) is 5.60 Å². The van der Waals surface area contributed by atoms with E-state index in [4.69, 9.17) is 15.2 Å². The molecular formula is C18H27F2N5O3. The Labute approximate surface area is 163 Å². The molecule has 0 spiro atoms. The van der Waals surface area contributed by atoms with Crippen LogP contribution in [0.1, 0.15) is 26.3 Å². The van der Waals surface area contributed by atoms with Crippen molar-refractivity contribution in [1.29, 1.82) is 0 Å². The number of hydrogen-bond acceptors (Lipinski definition) is 5. The number of carbonyl (C=O) groups excluding carboxylic acids is 1. The van der Waals surface area contributed by atoms with Crippen molar-refractivity contribution < 1.29 is 23.0 Å². The zero-order chi connectivity index (χ0) is 20.7. The first kappa shape index (κ1) is 21.6. The van der Waals surface area contributed by atoms with Gasteiger partial charge in [-0.2, -0.15) is 0 Å². The summed E-state index contributed by atoms with van der Waals surface area (Å²) in [7, 11) is 0. The Balaban J connectivity index is 1.89. The number of nitrogens with zero attached hydrogens (tertiary/aromatic N) is 4. The van der Waals surface area contributed by atoms with Crippen LogP contribution in [-0.2, 0) is 11.3 Å². The van der Waals surface area contributed by atoms with Crippen LogP contribution < -0.4 is 10.5 Å². The van der Waals surface area contributed by atoms with Crippen molar-refractivity contribution in [3.63, 3.8) is 0 Å². The number of pyridine rings is 1. The molecule has 1 aromatic heterocycles. The largest absolute Gasteiger partial charge is 0.471 e. The Hall–Kier alpha value is -2.65. The second kappa shape index (κ2) is 9.52. The molecular weight excluding hydrogens is 372 g/mol. The highest BCUT2D eigenvalue weighted by molar-refractivity contribution is 5.78. The summed E-state index contributed by atoms with van der Waals surface area (Å²) < 4.78 is 35.1. The van der Waals surface area contributed by atoms with Gasteiger partial charge in [-0.15, -0.1) is 0 Å². The van der Waals surface area contributed by atoms with Crippen LogP contribution in [0.4, 0.5) is 13.6 Å². The average Bonchev–Trinajstić information content (AvgIpc) is 2.63. The van der Waals surface area contributed by atoms with Crippen molar-refractivity contribution in [3.05, 3.63) is 23.9 Å². The monoisotopic (exact) mass is 399 g/mol. The van der Waals surface area contributed by atoms with Crippen LogP contribution in [0.15, 0.2) is 23.3 Å². The number of aliphatic imine (C=N–C) groups is 1. The summed E-state index contributed by atoms with van der Waals surface area (Å²) in [5.74, 6) is 0.432. The number of aromatic nitrogens is 1. The molecule has 0 bridgehead atoms. The number of alkyl halides is 2. The normalized spacial score (nSPS) is 15.7. The molecule has 0 saturated carbocycles.